The second kappa shape index (κ2) is 7.11. The number of pyridine rings is 1. The molecule has 0 aliphatic carbocycles. The van der Waals surface area contributed by atoms with E-state index in [-0.39, 0.29) is 5.82 Å². The van der Waals surface area contributed by atoms with Gasteiger partial charge in [0.15, 0.2) is 5.82 Å². The number of hydrogen-bond acceptors (Lipinski definition) is 5. The van der Waals surface area contributed by atoms with Crippen LogP contribution in [0.4, 0.5) is 10.2 Å². The number of anilines is 1. The molecule has 27 heavy (non-hydrogen) atoms. The second-order valence-electron chi connectivity index (χ2n) is 6.36. The molecule has 6 nitrogen and oxygen atoms in total. The van der Waals surface area contributed by atoms with Gasteiger partial charge in [0.2, 0.25) is 0 Å². The Morgan fingerprint density at radius 1 is 1.04 bits per heavy atom. The van der Waals surface area contributed by atoms with Crippen LogP contribution in [-0.4, -0.2) is 31.5 Å². The number of aryl methyl sites for hydroxylation is 1. The summed E-state index contributed by atoms with van der Waals surface area (Å²) in [6, 6.07) is 8.33. The Morgan fingerprint density at radius 3 is 2.67 bits per heavy atom. The zero-order chi connectivity index (χ0) is 18.8. The lowest BCUT2D eigenvalue weighted by atomic mass is 10.2. The maximum absolute atomic E-state index is 13.3. The molecule has 7 heteroatoms. The maximum atomic E-state index is 13.3. The van der Waals surface area contributed by atoms with Gasteiger partial charge in [0, 0.05) is 42.2 Å². The Morgan fingerprint density at radius 2 is 1.85 bits per heavy atom. The lowest BCUT2D eigenvalue weighted by Crippen LogP contribution is -2.10. The Balaban J connectivity index is 1.51. The first-order valence-corrected chi connectivity index (χ1v) is 8.74. The van der Waals surface area contributed by atoms with Crippen LogP contribution in [0.5, 0.6) is 0 Å². The van der Waals surface area contributed by atoms with E-state index >= 15 is 0 Å². The molecule has 0 aliphatic heterocycles. The minimum Gasteiger partial charge on any atom is -0.369 e. The number of fused-ring (bicyclic) bond motifs is 1. The van der Waals surface area contributed by atoms with Crippen LogP contribution >= 0.6 is 0 Å². The number of imidazole rings is 1. The first-order chi connectivity index (χ1) is 13.1. The predicted octanol–water partition coefficient (Wildman–Crippen LogP) is 3.83. The molecule has 0 aliphatic rings. The number of aromatic amines is 1. The Kier molecular flexibility index (Phi) is 4.50. The van der Waals surface area contributed by atoms with Crippen molar-refractivity contribution in [2.75, 3.05) is 11.9 Å². The van der Waals surface area contributed by atoms with Crippen molar-refractivity contribution in [2.45, 2.75) is 20.3 Å². The molecule has 0 bridgehead atoms. The minimum atomic E-state index is -0.272. The van der Waals surface area contributed by atoms with Crippen molar-refractivity contribution in [2.24, 2.45) is 0 Å². The molecule has 3 heterocycles. The summed E-state index contributed by atoms with van der Waals surface area (Å²) < 4.78 is 13.3. The van der Waals surface area contributed by atoms with E-state index in [9.17, 15) is 4.39 Å². The highest BCUT2D eigenvalue weighted by atomic mass is 19.1. The first kappa shape index (κ1) is 17.1. The highest BCUT2D eigenvalue weighted by Gasteiger charge is 2.10. The zero-order valence-corrected chi connectivity index (χ0v) is 15.1. The fraction of sp³-hybridized carbons (Fsp3) is 0.200. The van der Waals surface area contributed by atoms with Gasteiger partial charge in [-0.2, -0.15) is 0 Å². The highest BCUT2D eigenvalue weighted by Crippen LogP contribution is 2.21. The number of nitrogens with one attached hydrogen (secondary N) is 2. The van der Waals surface area contributed by atoms with Gasteiger partial charge in [-0.15, -0.1) is 0 Å². The summed E-state index contributed by atoms with van der Waals surface area (Å²) in [7, 11) is 0. The zero-order valence-electron chi connectivity index (χ0n) is 15.1. The fourth-order valence-electron chi connectivity index (χ4n) is 2.88. The molecular formula is C20H19FN6. The molecule has 4 rings (SSSR count). The van der Waals surface area contributed by atoms with Crippen molar-refractivity contribution in [3.8, 4) is 11.4 Å². The van der Waals surface area contributed by atoms with E-state index in [1.54, 1.807) is 18.5 Å². The minimum absolute atomic E-state index is 0.272. The van der Waals surface area contributed by atoms with Gasteiger partial charge in [-0.1, -0.05) is 0 Å². The van der Waals surface area contributed by atoms with Crippen LogP contribution in [0, 0.1) is 19.7 Å². The summed E-state index contributed by atoms with van der Waals surface area (Å²) in [5.74, 6) is 2.01. The predicted molar refractivity (Wildman–Crippen MR) is 103 cm³/mol. The molecule has 0 saturated carbocycles. The number of nitrogens with zero attached hydrogens (tertiary/aromatic N) is 4. The molecule has 0 unspecified atom stereocenters. The van der Waals surface area contributed by atoms with Crippen molar-refractivity contribution in [1.82, 2.24) is 24.9 Å². The van der Waals surface area contributed by atoms with Crippen LogP contribution in [0.15, 0.2) is 42.7 Å². The van der Waals surface area contributed by atoms with E-state index in [4.69, 9.17) is 0 Å². The van der Waals surface area contributed by atoms with E-state index in [1.807, 2.05) is 26.0 Å². The number of H-pyrrole nitrogens is 1. The second-order valence-corrected chi connectivity index (χ2v) is 6.36. The van der Waals surface area contributed by atoms with Crippen molar-refractivity contribution in [3.63, 3.8) is 0 Å². The molecular weight excluding hydrogens is 343 g/mol. The van der Waals surface area contributed by atoms with Gasteiger partial charge < -0.3 is 10.3 Å². The highest BCUT2D eigenvalue weighted by molar-refractivity contribution is 5.74. The Labute approximate surface area is 155 Å². The topological polar surface area (TPSA) is 79.4 Å². The maximum Gasteiger partial charge on any atom is 0.161 e. The Hall–Kier alpha value is -3.35. The van der Waals surface area contributed by atoms with Gasteiger partial charge in [-0.3, -0.25) is 4.98 Å². The molecule has 0 radical (unpaired) electrons. The molecule has 0 amide bonds. The number of halogens is 1. The van der Waals surface area contributed by atoms with Crippen LogP contribution in [0.1, 0.15) is 17.1 Å². The SMILES string of the molecule is Cc1nc(-c2ccncc2)nc(NCCc2nc3ccc(F)cc3[nH]2)c1C. The van der Waals surface area contributed by atoms with Gasteiger partial charge >= 0.3 is 0 Å². The summed E-state index contributed by atoms with van der Waals surface area (Å²) in [5, 5.41) is 3.37. The third-order valence-electron chi connectivity index (χ3n) is 4.47. The summed E-state index contributed by atoms with van der Waals surface area (Å²) in [5.41, 5.74) is 4.34. The van der Waals surface area contributed by atoms with Crippen molar-refractivity contribution in [3.05, 3.63) is 65.6 Å². The summed E-state index contributed by atoms with van der Waals surface area (Å²) in [6.45, 7) is 4.62. The molecule has 2 N–H and O–H groups in total. The van der Waals surface area contributed by atoms with E-state index in [0.29, 0.717) is 24.3 Å². The molecule has 3 aromatic heterocycles. The van der Waals surface area contributed by atoms with E-state index in [0.717, 1.165) is 34.0 Å². The average molecular weight is 362 g/mol. The van der Waals surface area contributed by atoms with E-state index < -0.39 is 0 Å². The largest absolute Gasteiger partial charge is 0.369 e. The van der Waals surface area contributed by atoms with Crippen LogP contribution < -0.4 is 5.32 Å². The normalized spacial score (nSPS) is 11.1. The molecule has 1 aromatic carbocycles. The standard InChI is InChI=1S/C20H19FN6/c1-12-13(2)24-20(14-5-8-22-9-6-14)27-19(12)23-10-7-18-25-16-4-3-15(21)11-17(16)26-18/h3-6,8-9,11H,7,10H2,1-2H3,(H,25,26)(H,23,24,27). The number of benzene rings is 1. The Bertz CT molecular complexity index is 1090. The summed E-state index contributed by atoms with van der Waals surface area (Å²) in [6.07, 6.45) is 4.13. The van der Waals surface area contributed by atoms with Crippen LogP contribution in [0.25, 0.3) is 22.4 Å². The van der Waals surface area contributed by atoms with Crippen molar-refractivity contribution < 1.29 is 4.39 Å². The van der Waals surface area contributed by atoms with Gasteiger partial charge in [0.1, 0.15) is 17.5 Å². The van der Waals surface area contributed by atoms with E-state index in [2.05, 4.69) is 30.2 Å². The van der Waals surface area contributed by atoms with Crippen LogP contribution in [0.2, 0.25) is 0 Å². The summed E-state index contributed by atoms with van der Waals surface area (Å²) in [4.78, 5) is 20.9. The lowest BCUT2D eigenvalue weighted by Gasteiger charge is -2.12. The quantitative estimate of drug-likeness (QED) is 0.564. The van der Waals surface area contributed by atoms with Gasteiger partial charge in [-0.25, -0.2) is 19.3 Å². The van der Waals surface area contributed by atoms with Gasteiger partial charge in [0.25, 0.3) is 0 Å². The molecule has 0 saturated heterocycles. The summed E-state index contributed by atoms with van der Waals surface area (Å²) >= 11 is 0. The third kappa shape index (κ3) is 3.62. The first-order valence-electron chi connectivity index (χ1n) is 8.74. The van der Waals surface area contributed by atoms with Crippen LogP contribution in [-0.2, 0) is 6.42 Å². The number of hydrogen-bond donors (Lipinski definition) is 2. The molecule has 136 valence electrons. The van der Waals surface area contributed by atoms with Crippen LogP contribution in [0.3, 0.4) is 0 Å². The number of aromatic nitrogens is 5. The smallest absolute Gasteiger partial charge is 0.161 e. The average Bonchev–Trinajstić information content (AvgIpc) is 3.07. The molecule has 4 aromatic rings. The van der Waals surface area contributed by atoms with Gasteiger partial charge in [-0.05, 0) is 44.2 Å². The third-order valence-corrected chi connectivity index (χ3v) is 4.47. The van der Waals surface area contributed by atoms with E-state index in [1.165, 1.54) is 12.1 Å². The fourth-order valence-corrected chi connectivity index (χ4v) is 2.88. The lowest BCUT2D eigenvalue weighted by molar-refractivity contribution is 0.629. The van der Waals surface area contributed by atoms with Gasteiger partial charge in [0.05, 0.1) is 11.0 Å². The molecule has 0 fully saturated rings. The number of rotatable bonds is 5. The molecule has 0 spiro atoms. The van der Waals surface area contributed by atoms with Crippen molar-refractivity contribution in [1.29, 1.82) is 0 Å². The monoisotopic (exact) mass is 362 g/mol. The molecule has 0 atom stereocenters. The van der Waals surface area contributed by atoms with Crippen molar-refractivity contribution >= 4 is 16.9 Å².